The number of anilines is 1. The summed E-state index contributed by atoms with van der Waals surface area (Å²) in [5.41, 5.74) is 11.1. The summed E-state index contributed by atoms with van der Waals surface area (Å²) < 4.78 is 15.7. The highest BCUT2D eigenvalue weighted by atomic mass is 19.1. The molecule has 4 aromatic rings. The second kappa shape index (κ2) is 6.42. The maximum absolute atomic E-state index is 14.1. The number of para-hydroxylation sites is 1. The van der Waals surface area contributed by atoms with Crippen LogP contribution in [0.25, 0.3) is 22.3 Å². The van der Waals surface area contributed by atoms with Crippen LogP contribution in [0.3, 0.4) is 0 Å². The fourth-order valence-electron chi connectivity index (χ4n) is 5.05. The number of fused-ring (bicyclic) bond motifs is 4. The molecule has 4 N–H and O–H groups in total. The van der Waals surface area contributed by atoms with Crippen LogP contribution in [0.2, 0.25) is 0 Å². The summed E-state index contributed by atoms with van der Waals surface area (Å²) in [6.07, 6.45) is 2.16. The molecule has 2 atom stereocenters. The zero-order valence-electron chi connectivity index (χ0n) is 16.9. The largest absolute Gasteiger partial charge is 0.358 e. The summed E-state index contributed by atoms with van der Waals surface area (Å²) in [5.74, 6) is 0.373. The van der Waals surface area contributed by atoms with Gasteiger partial charge < -0.3 is 15.6 Å². The molecule has 0 amide bonds. The molecule has 0 radical (unpaired) electrons. The van der Waals surface area contributed by atoms with Crippen LogP contribution in [0.4, 0.5) is 10.1 Å². The fourth-order valence-corrected chi connectivity index (χ4v) is 5.05. The second-order valence-corrected chi connectivity index (χ2v) is 8.20. The third-order valence-electron chi connectivity index (χ3n) is 6.37. The number of aromatic amines is 2. The van der Waals surface area contributed by atoms with Gasteiger partial charge in [0.1, 0.15) is 11.9 Å². The summed E-state index contributed by atoms with van der Waals surface area (Å²) >= 11 is 0. The summed E-state index contributed by atoms with van der Waals surface area (Å²) in [7, 11) is 0. The number of hydrogen-bond acceptors (Lipinski definition) is 4. The molecule has 31 heavy (non-hydrogen) atoms. The number of aryl methyl sites for hydroxylation is 1. The predicted octanol–water partition coefficient (Wildman–Crippen LogP) is 3.05. The van der Waals surface area contributed by atoms with Crippen LogP contribution in [0.15, 0.2) is 59.0 Å². The number of rotatable bonds is 3. The zero-order chi connectivity index (χ0) is 21.3. The molecule has 0 fully saturated rings. The van der Waals surface area contributed by atoms with E-state index in [1.165, 1.54) is 12.1 Å². The van der Waals surface area contributed by atoms with Crippen molar-refractivity contribution in [1.29, 1.82) is 0 Å². The van der Waals surface area contributed by atoms with Crippen molar-refractivity contribution < 1.29 is 4.39 Å². The van der Waals surface area contributed by atoms with E-state index >= 15 is 0 Å². The van der Waals surface area contributed by atoms with E-state index in [9.17, 15) is 9.18 Å². The lowest BCUT2D eigenvalue weighted by molar-refractivity contribution is 0.629. The van der Waals surface area contributed by atoms with E-state index in [4.69, 9.17) is 5.73 Å². The number of benzene rings is 2. The smallest absolute Gasteiger partial charge is 0.344 e. The molecule has 8 heteroatoms. The van der Waals surface area contributed by atoms with Crippen molar-refractivity contribution in [3.8, 4) is 11.4 Å². The standard InChI is InChI=1S/C23H21FN6O/c1-12-20(16-9-14(24)6-7-17(16)26-12)22-27-28-23(31)30(22)21-15-4-2-3-5-18(15)29-11-13(10-25)8-19(21)29/h2-9,13,21,26H,10-11,25H2,1H3,(H,28,31). The van der Waals surface area contributed by atoms with E-state index in [1.54, 1.807) is 10.6 Å². The molecule has 2 aliphatic heterocycles. The first-order chi connectivity index (χ1) is 15.1. The Balaban J connectivity index is 1.62. The topological polar surface area (TPSA) is 95.7 Å². The van der Waals surface area contributed by atoms with Crippen LogP contribution in [0.5, 0.6) is 0 Å². The Hall–Kier alpha value is -3.65. The Morgan fingerprint density at radius 1 is 1.26 bits per heavy atom. The highest BCUT2D eigenvalue weighted by molar-refractivity contribution is 5.96. The third kappa shape index (κ3) is 2.48. The van der Waals surface area contributed by atoms with E-state index in [2.05, 4.69) is 32.2 Å². The van der Waals surface area contributed by atoms with Crippen molar-refractivity contribution in [3.63, 3.8) is 0 Å². The number of hydrogen-bond donors (Lipinski definition) is 3. The molecule has 0 bridgehead atoms. The number of nitrogens with zero attached hydrogens (tertiary/aromatic N) is 3. The molecule has 0 spiro atoms. The van der Waals surface area contributed by atoms with E-state index in [-0.39, 0.29) is 23.5 Å². The molecule has 2 aliphatic rings. The van der Waals surface area contributed by atoms with E-state index in [0.717, 1.165) is 40.3 Å². The van der Waals surface area contributed by atoms with Crippen molar-refractivity contribution in [2.45, 2.75) is 13.0 Å². The van der Waals surface area contributed by atoms with Gasteiger partial charge in [0.25, 0.3) is 0 Å². The van der Waals surface area contributed by atoms with Gasteiger partial charge in [-0.1, -0.05) is 24.3 Å². The Morgan fingerprint density at radius 2 is 2.10 bits per heavy atom. The molecule has 2 aromatic carbocycles. The van der Waals surface area contributed by atoms with Gasteiger partial charge in [-0.05, 0) is 31.2 Å². The molecule has 0 aliphatic carbocycles. The van der Waals surface area contributed by atoms with Crippen molar-refractivity contribution >= 4 is 16.6 Å². The molecule has 156 valence electrons. The van der Waals surface area contributed by atoms with E-state index in [1.807, 2.05) is 25.1 Å². The summed E-state index contributed by atoms with van der Waals surface area (Å²) in [5, 5.41) is 7.70. The molecule has 4 heterocycles. The zero-order valence-corrected chi connectivity index (χ0v) is 16.9. The average molecular weight is 416 g/mol. The van der Waals surface area contributed by atoms with Crippen LogP contribution in [-0.4, -0.2) is 32.8 Å². The molecular formula is C23H21FN6O. The predicted molar refractivity (Wildman–Crippen MR) is 117 cm³/mol. The highest BCUT2D eigenvalue weighted by Gasteiger charge is 2.41. The van der Waals surface area contributed by atoms with Crippen molar-refractivity contribution in [3.05, 3.63) is 81.8 Å². The van der Waals surface area contributed by atoms with Gasteiger partial charge >= 0.3 is 5.69 Å². The summed E-state index contributed by atoms with van der Waals surface area (Å²) in [6, 6.07) is 12.4. The van der Waals surface area contributed by atoms with Crippen LogP contribution < -0.4 is 16.3 Å². The lowest BCUT2D eigenvalue weighted by Crippen LogP contribution is -2.26. The van der Waals surface area contributed by atoms with Gasteiger partial charge in [-0.2, -0.15) is 5.10 Å². The van der Waals surface area contributed by atoms with Crippen molar-refractivity contribution in [2.24, 2.45) is 11.7 Å². The summed E-state index contributed by atoms with van der Waals surface area (Å²) in [4.78, 5) is 18.6. The normalized spacial score (nSPS) is 19.7. The van der Waals surface area contributed by atoms with Crippen molar-refractivity contribution in [1.82, 2.24) is 19.7 Å². The number of nitrogens with one attached hydrogen (secondary N) is 2. The molecule has 0 saturated heterocycles. The third-order valence-corrected chi connectivity index (χ3v) is 6.37. The van der Waals surface area contributed by atoms with Gasteiger partial charge in [-0.25, -0.2) is 14.3 Å². The highest BCUT2D eigenvalue weighted by Crippen LogP contribution is 2.48. The Morgan fingerprint density at radius 3 is 2.94 bits per heavy atom. The lowest BCUT2D eigenvalue weighted by atomic mass is 10.0. The van der Waals surface area contributed by atoms with Gasteiger partial charge in [-0.3, -0.25) is 4.57 Å². The number of nitrogens with two attached hydrogens (primary N) is 1. The van der Waals surface area contributed by atoms with Crippen LogP contribution in [0.1, 0.15) is 17.3 Å². The minimum atomic E-state index is -0.334. The van der Waals surface area contributed by atoms with Crippen LogP contribution in [0, 0.1) is 18.7 Å². The SMILES string of the molecule is Cc1[nH]c2ccc(F)cc2c1-c1n[nH]c(=O)n1C1C2=CC(CN)CN2c2ccccc21. The number of aromatic nitrogens is 4. The maximum Gasteiger partial charge on any atom is 0.344 e. The average Bonchev–Trinajstić information content (AvgIpc) is 3.49. The lowest BCUT2D eigenvalue weighted by Gasteiger charge is -2.19. The molecular weight excluding hydrogens is 395 g/mol. The second-order valence-electron chi connectivity index (χ2n) is 8.20. The number of allylic oxidation sites excluding steroid dienone is 1. The summed E-state index contributed by atoms with van der Waals surface area (Å²) in [6.45, 7) is 3.24. The quantitative estimate of drug-likeness (QED) is 0.478. The van der Waals surface area contributed by atoms with E-state index < -0.39 is 0 Å². The first kappa shape index (κ1) is 18.1. The Bertz CT molecular complexity index is 1430. The number of H-pyrrole nitrogens is 2. The Labute approximate surface area is 177 Å². The van der Waals surface area contributed by atoms with Gasteiger partial charge in [0, 0.05) is 58.1 Å². The molecule has 6 rings (SSSR count). The van der Waals surface area contributed by atoms with Gasteiger partial charge in [-0.15, -0.1) is 0 Å². The molecule has 2 aromatic heterocycles. The van der Waals surface area contributed by atoms with Gasteiger partial charge in [0.05, 0.1) is 0 Å². The van der Waals surface area contributed by atoms with Crippen LogP contribution >= 0.6 is 0 Å². The van der Waals surface area contributed by atoms with Crippen molar-refractivity contribution in [2.75, 3.05) is 18.0 Å². The van der Waals surface area contributed by atoms with Gasteiger partial charge in [0.2, 0.25) is 0 Å². The number of halogens is 1. The molecule has 0 saturated carbocycles. The first-order valence-corrected chi connectivity index (χ1v) is 10.3. The Kier molecular flexibility index (Phi) is 3.76. The molecule has 2 unspecified atom stereocenters. The minimum Gasteiger partial charge on any atom is -0.358 e. The monoisotopic (exact) mass is 416 g/mol. The molecule has 7 nitrogen and oxygen atoms in total. The minimum absolute atomic E-state index is 0.223. The van der Waals surface area contributed by atoms with Gasteiger partial charge in [0.15, 0.2) is 5.82 Å². The maximum atomic E-state index is 14.1. The fraction of sp³-hybridized carbons (Fsp3) is 0.217. The van der Waals surface area contributed by atoms with E-state index in [0.29, 0.717) is 17.8 Å². The first-order valence-electron chi connectivity index (χ1n) is 10.3. The van der Waals surface area contributed by atoms with Crippen LogP contribution in [-0.2, 0) is 0 Å².